The van der Waals surface area contributed by atoms with Crippen molar-refractivity contribution in [3.8, 4) is 0 Å². The van der Waals surface area contributed by atoms with Gasteiger partial charge in [-0.1, -0.05) is 32.6 Å². The van der Waals surface area contributed by atoms with Gasteiger partial charge in [-0.3, -0.25) is 0 Å². The Kier molecular flexibility index (Phi) is 6.49. The van der Waals surface area contributed by atoms with Gasteiger partial charge in [0, 0.05) is 6.42 Å². The van der Waals surface area contributed by atoms with Crippen LogP contribution in [0.15, 0.2) is 11.8 Å². The molecule has 1 atom stereocenters. The minimum absolute atomic E-state index is 0.137. The van der Waals surface area contributed by atoms with Crippen LogP contribution in [-0.4, -0.2) is 17.8 Å². The average Bonchev–Trinajstić information content (AvgIpc) is 2.26. The van der Waals surface area contributed by atoms with Gasteiger partial charge in [-0.25, -0.2) is 0 Å². The second-order valence-electron chi connectivity index (χ2n) is 4.36. The highest BCUT2D eigenvalue weighted by Gasteiger charge is 2.11. The highest BCUT2D eigenvalue weighted by molar-refractivity contribution is 4.99. The van der Waals surface area contributed by atoms with Crippen LogP contribution in [0, 0.1) is 0 Å². The number of ether oxygens (including phenoxy) is 1. The van der Waals surface area contributed by atoms with Crippen molar-refractivity contribution in [1.82, 2.24) is 0 Å². The molecule has 0 aliphatic heterocycles. The third-order valence-corrected chi connectivity index (χ3v) is 2.88. The van der Waals surface area contributed by atoms with Crippen LogP contribution in [0.1, 0.15) is 58.3 Å². The first-order valence-electron chi connectivity index (χ1n) is 6.33. The summed E-state index contributed by atoms with van der Waals surface area (Å²) in [6, 6.07) is 0. The summed E-state index contributed by atoms with van der Waals surface area (Å²) in [6.45, 7) is 3.08. The van der Waals surface area contributed by atoms with Crippen LogP contribution in [-0.2, 0) is 4.74 Å². The molecule has 2 nitrogen and oxygen atoms in total. The van der Waals surface area contributed by atoms with E-state index in [1.165, 1.54) is 32.1 Å². The third-order valence-electron chi connectivity index (χ3n) is 2.88. The molecule has 0 fully saturated rings. The van der Waals surface area contributed by atoms with Gasteiger partial charge in [0.25, 0.3) is 0 Å². The second kappa shape index (κ2) is 7.75. The van der Waals surface area contributed by atoms with Gasteiger partial charge in [0.05, 0.1) is 18.5 Å². The summed E-state index contributed by atoms with van der Waals surface area (Å²) < 4.78 is 5.66. The number of aliphatic hydroxyl groups is 1. The lowest BCUT2D eigenvalue weighted by molar-refractivity contribution is 0.130. The van der Waals surface area contributed by atoms with Crippen molar-refractivity contribution in [3.63, 3.8) is 0 Å². The zero-order chi connectivity index (χ0) is 10.9. The van der Waals surface area contributed by atoms with E-state index in [1.54, 1.807) is 0 Å². The molecule has 15 heavy (non-hydrogen) atoms. The molecule has 1 unspecified atom stereocenters. The highest BCUT2D eigenvalue weighted by atomic mass is 16.5. The van der Waals surface area contributed by atoms with E-state index < -0.39 is 0 Å². The molecule has 0 saturated heterocycles. The zero-order valence-electron chi connectivity index (χ0n) is 9.87. The van der Waals surface area contributed by atoms with Gasteiger partial charge in [-0.05, 0) is 25.3 Å². The van der Waals surface area contributed by atoms with Crippen LogP contribution in [0.3, 0.4) is 0 Å². The maximum absolute atomic E-state index is 9.30. The Bertz CT molecular complexity index is 187. The lowest BCUT2D eigenvalue weighted by atomic mass is 10.0. The third kappa shape index (κ3) is 5.83. The topological polar surface area (TPSA) is 29.5 Å². The summed E-state index contributed by atoms with van der Waals surface area (Å²) >= 11 is 0. The fourth-order valence-electron chi connectivity index (χ4n) is 1.84. The first-order valence-corrected chi connectivity index (χ1v) is 6.33. The number of hydrogen-bond acceptors (Lipinski definition) is 2. The number of hydrogen-bond donors (Lipinski definition) is 1. The summed E-state index contributed by atoms with van der Waals surface area (Å²) in [5.41, 5.74) is 0. The molecule has 0 amide bonds. The standard InChI is InChI=1S/C13H24O2/c1-2-3-4-5-6-11-15-13-9-7-12(14)8-10-13/h9,12,14H,2-8,10-11H2,1H3. The monoisotopic (exact) mass is 212 g/mol. The quantitative estimate of drug-likeness (QED) is 0.655. The molecule has 1 N–H and O–H groups in total. The molecular formula is C13H24O2. The molecule has 0 heterocycles. The summed E-state index contributed by atoms with van der Waals surface area (Å²) in [7, 11) is 0. The van der Waals surface area contributed by atoms with Crippen LogP contribution in [0.4, 0.5) is 0 Å². The molecule has 2 heteroatoms. The summed E-state index contributed by atoms with van der Waals surface area (Å²) in [5.74, 6) is 1.09. The van der Waals surface area contributed by atoms with E-state index in [1.807, 2.05) is 6.08 Å². The van der Waals surface area contributed by atoms with Gasteiger partial charge in [0.15, 0.2) is 0 Å². The fraction of sp³-hybridized carbons (Fsp3) is 0.846. The molecule has 0 aromatic heterocycles. The summed E-state index contributed by atoms with van der Waals surface area (Å²) in [4.78, 5) is 0. The van der Waals surface area contributed by atoms with Crippen LogP contribution >= 0.6 is 0 Å². The molecule has 1 aliphatic rings. The number of allylic oxidation sites excluding steroid dienone is 1. The molecule has 0 bridgehead atoms. The van der Waals surface area contributed by atoms with Crippen molar-refractivity contribution in [3.05, 3.63) is 11.8 Å². The van der Waals surface area contributed by atoms with Gasteiger partial charge in [-0.2, -0.15) is 0 Å². The van der Waals surface area contributed by atoms with Crippen molar-refractivity contribution in [1.29, 1.82) is 0 Å². The zero-order valence-corrected chi connectivity index (χ0v) is 9.87. The Balaban J connectivity index is 1.96. The summed E-state index contributed by atoms with van der Waals surface area (Å²) in [5, 5.41) is 9.30. The van der Waals surface area contributed by atoms with E-state index in [2.05, 4.69) is 6.92 Å². The molecule has 1 aliphatic carbocycles. The lowest BCUT2D eigenvalue weighted by Gasteiger charge is -2.18. The van der Waals surface area contributed by atoms with Gasteiger partial charge in [0.1, 0.15) is 0 Å². The molecule has 0 aromatic rings. The molecule has 88 valence electrons. The van der Waals surface area contributed by atoms with Crippen molar-refractivity contribution in [2.24, 2.45) is 0 Å². The van der Waals surface area contributed by atoms with Crippen LogP contribution in [0.5, 0.6) is 0 Å². The van der Waals surface area contributed by atoms with Crippen LogP contribution in [0.2, 0.25) is 0 Å². The number of aliphatic hydroxyl groups excluding tert-OH is 1. The SMILES string of the molecule is CCCCCCCOC1=CCC(O)CC1. The van der Waals surface area contributed by atoms with Crippen molar-refractivity contribution >= 4 is 0 Å². The Morgan fingerprint density at radius 3 is 2.80 bits per heavy atom. The Labute approximate surface area is 93.3 Å². The number of rotatable bonds is 7. The van der Waals surface area contributed by atoms with Gasteiger partial charge in [-0.15, -0.1) is 0 Å². The van der Waals surface area contributed by atoms with E-state index >= 15 is 0 Å². The summed E-state index contributed by atoms with van der Waals surface area (Å²) in [6.07, 6.45) is 10.9. The number of unbranched alkanes of at least 4 members (excludes halogenated alkanes) is 4. The Morgan fingerprint density at radius 2 is 2.13 bits per heavy atom. The van der Waals surface area contributed by atoms with Crippen molar-refractivity contribution in [2.75, 3.05) is 6.61 Å². The molecular weight excluding hydrogens is 188 g/mol. The largest absolute Gasteiger partial charge is 0.498 e. The minimum Gasteiger partial charge on any atom is -0.498 e. The van der Waals surface area contributed by atoms with Crippen molar-refractivity contribution in [2.45, 2.75) is 64.4 Å². The van der Waals surface area contributed by atoms with Gasteiger partial charge < -0.3 is 9.84 Å². The smallest absolute Gasteiger partial charge is 0.0921 e. The molecule has 0 spiro atoms. The molecule has 0 saturated carbocycles. The van der Waals surface area contributed by atoms with Crippen LogP contribution in [0.25, 0.3) is 0 Å². The van der Waals surface area contributed by atoms with Gasteiger partial charge in [0.2, 0.25) is 0 Å². The minimum atomic E-state index is -0.137. The predicted molar refractivity (Wildman–Crippen MR) is 62.7 cm³/mol. The van der Waals surface area contributed by atoms with E-state index in [9.17, 15) is 5.11 Å². The van der Waals surface area contributed by atoms with E-state index in [-0.39, 0.29) is 6.10 Å². The van der Waals surface area contributed by atoms with Crippen molar-refractivity contribution < 1.29 is 9.84 Å². The van der Waals surface area contributed by atoms with E-state index in [0.717, 1.165) is 31.6 Å². The second-order valence-corrected chi connectivity index (χ2v) is 4.36. The molecule has 0 aromatic carbocycles. The normalized spacial score (nSPS) is 21.2. The highest BCUT2D eigenvalue weighted by Crippen LogP contribution is 2.19. The Morgan fingerprint density at radius 1 is 1.33 bits per heavy atom. The maximum Gasteiger partial charge on any atom is 0.0921 e. The average molecular weight is 212 g/mol. The van der Waals surface area contributed by atoms with E-state index in [0.29, 0.717) is 0 Å². The van der Waals surface area contributed by atoms with Gasteiger partial charge >= 0.3 is 0 Å². The fourth-order valence-corrected chi connectivity index (χ4v) is 1.84. The molecule has 1 rings (SSSR count). The maximum atomic E-state index is 9.30. The Hall–Kier alpha value is -0.500. The first kappa shape index (κ1) is 12.6. The first-order chi connectivity index (χ1) is 7.33. The predicted octanol–water partition coefficient (Wildman–Crippen LogP) is 3.40. The lowest BCUT2D eigenvalue weighted by Crippen LogP contribution is -2.11. The molecule has 0 radical (unpaired) electrons. The van der Waals surface area contributed by atoms with E-state index in [4.69, 9.17) is 4.74 Å². The van der Waals surface area contributed by atoms with Crippen LogP contribution < -0.4 is 0 Å².